The van der Waals surface area contributed by atoms with Crippen molar-refractivity contribution >= 4 is 17.7 Å². The molecule has 2 heterocycles. The second-order valence-electron chi connectivity index (χ2n) is 4.22. The number of aromatic carboxylic acids is 1. The standard InChI is InChI=1S/C13H14N4O3/c1-8-5-10(11(16-8)12(18)19)17-13(20)15-7-9-3-2-4-14-6-9/h2-6,16H,7H2,1H3,(H,18,19)(H2,15,17,20). The van der Waals surface area contributed by atoms with Gasteiger partial charge in [0.15, 0.2) is 0 Å². The van der Waals surface area contributed by atoms with Gasteiger partial charge in [-0.2, -0.15) is 0 Å². The van der Waals surface area contributed by atoms with Crippen molar-refractivity contribution in [3.8, 4) is 0 Å². The zero-order chi connectivity index (χ0) is 14.5. The number of anilines is 1. The summed E-state index contributed by atoms with van der Waals surface area (Å²) < 4.78 is 0. The van der Waals surface area contributed by atoms with Gasteiger partial charge in [-0.3, -0.25) is 4.98 Å². The van der Waals surface area contributed by atoms with E-state index in [4.69, 9.17) is 5.11 Å². The van der Waals surface area contributed by atoms with E-state index >= 15 is 0 Å². The van der Waals surface area contributed by atoms with E-state index in [0.717, 1.165) is 5.56 Å². The largest absolute Gasteiger partial charge is 0.477 e. The number of carbonyl (C=O) groups is 2. The summed E-state index contributed by atoms with van der Waals surface area (Å²) in [5.41, 5.74) is 1.70. The maximum absolute atomic E-state index is 11.7. The number of urea groups is 1. The summed E-state index contributed by atoms with van der Waals surface area (Å²) in [7, 11) is 0. The van der Waals surface area contributed by atoms with Crippen molar-refractivity contribution in [1.29, 1.82) is 0 Å². The average molecular weight is 274 g/mol. The first-order valence-corrected chi connectivity index (χ1v) is 5.93. The molecule has 20 heavy (non-hydrogen) atoms. The molecule has 0 saturated carbocycles. The first-order chi connectivity index (χ1) is 9.56. The monoisotopic (exact) mass is 274 g/mol. The lowest BCUT2D eigenvalue weighted by Crippen LogP contribution is -2.28. The molecular formula is C13H14N4O3. The van der Waals surface area contributed by atoms with Gasteiger partial charge >= 0.3 is 12.0 Å². The van der Waals surface area contributed by atoms with Gasteiger partial charge in [-0.05, 0) is 24.6 Å². The van der Waals surface area contributed by atoms with Crippen molar-refractivity contribution in [2.24, 2.45) is 0 Å². The molecule has 0 aliphatic heterocycles. The highest BCUT2D eigenvalue weighted by molar-refractivity contribution is 5.99. The predicted octanol–water partition coefficient (Wildman–Crippen LogP) is 1.74. The van der Waals surface area contributed by atoms with Gasteiger partial charge in [-0.15, -0.1) is 0 Å². The Morgan fingerprint density at radius 3 is 2.90 bits per heavy atom. The number of carboxylic acids is 1. The molecule has 2 amide bonds. The van der Waals surface area contributed by atoms with Crippen molar-refractivity contribution in [3.05, 3.63) is 47.5 Å². The van der Waals surface area contributed by atoms with Crippen molar-refractivity contribution in [2.75, 3.05) is 5.32 Å². The van der Waals surface area contributed by atoms with Crippen molar-refractivity contribution in [1.82, 2.24) is 15.3 Å². The first-order valence-electron chi connectivity index (χ1n) is 5.93. The zero-order valence-corrected chi connectivity index (χ0v) is 10.8. The first kappa shape index (κ1) is 13.6. The third-order valence-electron chi connectivity index (χ3n) is 2.59. The van der Waals surface area contributed by atoms with Gasteiger partial charge in [0.05, 0.1) is 5.69 Å². The second kappa shape index (κ2) is 5.87. The molecule has 0 atom stereocenters. The van der Waals surface area contributed by atoms with E-state index in [1.54, 1.807) is 31.5 Å². The molecule has 104 valence electrons. The molecule has 0 aliphatic carbocycles. The SMILES string of the molecule is Cc1cc(NC(=O)NCc2cccnc2)c(C(=O)O)[nH]1. The molecule has 4 N–H and O–H groups in total. The predicted molar refractivity (Wildman–Crippen MR) is 72.6 cm³/mol. The lowest BCUT2D eigenvalue weighted by Gasteiger charge is -2.06. The second-order valence-corrected chi connectivity index (χ2v) is 4.22. The number of carboxylic acid groups (broad SMARTS) is 1. The van der Waals surface area contributed by atoms with Crippen LogP contribution in [0, 0.1) is 6.92 Å². The summed E-state index contributed by atoms with van der Waals surface area (Å²) in [6, 6.07) is 4.69. The van der Waals surface area contributed by atoms with Crippen molar-refractivity contribution < 1.29 is 14.7 Å². The van der Waals surface area contributed by atoms with Crippen molar-refractivity contribution in [3.63, 3.8) is 0 Å². The minimum Gasteiger partial charge on any atom is -0.477 e. The molecular weight excluding hydrogens is 260 g/mol. The van der Waals surface area contributed by atoms with Gasteiger partial charge in [-0.1, -0.05) is 6.07 Å². The number of amides is 2. The molecule has 0 fully saturated rings. The summed E-state index contributed by atoms with van der Waals surface area (Å²) in [5, 5.41) is 14.1. The molecule has 0 saturated heterocycles. The van der Waals surface area contributed by atoms with Crippen LogP contribution in [0.25, 0.3) is 0 Å². The van der Waals surface area contributed by atoms with E-state index < -0.39 is 12.0 Å². The Hall–Kier alpha value is -2.83. The number of nitrogens with zero attached hydrogens (tertiary/aromatic N) is 1. The molecule has 7 nitrogen and oxygen atoms in total. The number of hydrogen-bond donors (Lipinski definition) is 4. The number of hydrogen-bond acceptors (Lipinski definition) is 3. The Balaban J connectivity index is 1.96. The van der Waals surface area contributed by atoms with Crippen LogP contribution in [0.1, 0.15) is 21.7 Å². The summed E-state index contributed by atoms with van der Waals surface area (Å²) >= 11 is 0. The average Bonchev–Trinajstić information content (AvgIpc) is 2.79. The van der Waals surface area contributed by atoms with Crippen LogP contribution >= 0.6 is 0 Å². The number of aromatic amines is 1. The Morgan fingerprint density at radius 2 is 2.25 bits per heavy atom. The van der Waals surface area contributed by atoms with Gasteiger partial charge in [0.1, 0.15) is 5.69 Å². The van der Waals surface area contributed by atoms with Crippen LogP contribution in [-0.2, 0) is 6.54 Å². The number of carbonyl (C=O) groups excluding carboxylic acids is 1. The molecule has 0 unspecified atom stereocenters. The molecule has 7 heteroatoms. The van der Waals surface area contributed by atoms with Crippen molar-refractivity contribution in [2.45, 2.75) is 13.5 Å². The number of rotatable bonds is 4. The van der Waals surface area contributed by atoms with Crippen LogP contribution in [0.15, 0.2) is 30.6 Å². The third-order valence-corrected chi connectivity index (χ3v) is 2.59. The number of H-pyrrole nitrogens is 1. The fourth-order valence-electron chi connectivity index (χ4n) is 1.71. The van der Waals surface area contributed by atoms with Crippen LogP contribution in [0.2, 0.25) is 0 Å². The van der Waals surface area contributed by atoms with Gasteiger partial charge in [0, 0.05) is 24.6 Å². The van der Waals surface area contributed by atoms with Crippen LogP contribution in [0.3, 0.4) is 0 Å². The highest BCUT2D eigenvalue weighted by Crippen LogP contribution is 2.16. The normalized spacial score (nSPS) is 10.1. The fraction of sp³-hybridized carbons (Fsp3) is 0.154. The van der Waals surface area contributed by atoms with Gasteiger partial charge in [0.25, 0.3) is 0 Å². The van der Waals surface area contributed by atoms with E-state index in [0.29, 0.717) is 12.2 Å². The van der Waals surface area contributed by atoms with Crippen LogP contribution in [-0.4, -0.2) is 27.1 Å². The van der Waals surface area contributed by atoms with Gasteiger partial charge in [-0.25, -0.2) is 9.59 Å². The molecule has 0 aliphatic rings. The molecule has 0 spiro atoms. The summed E-state index contributed by atoms with van der Waals surface area (Å²) in [6.45, 7) is 2.02. The van der Waals surface area contributed by atoms with Gasteiger partial charge < -0.3 is 20.7 Å². The van der Waals surface area contributed by atoms with E-state index in [1.165, 1.54) is 0 Å². The fourth-order valence-corrected chi connectivity index (χ4v) is 1.71. The van der Waals surface area contributed by atoms with E-state index in [9.17, 15) is 9.59 Å². The third kappa shape index (κ3) is 3.35. The number of aromatic nitrogens is 2. The molecule has 0 radical (unpaired) electrons. The summed E-state index contributed by atoms with van der Waals surface area (Å²) in [6.07, 6.45) is 3.29. The smallest absolute Gasteiger partial charge is 0.354 e. The highest BCUT2D eigenvalue weighted by Gasteiger charge is 2.15. The molecule has 0 bridgehead atoms. The maximum atomic E-state index is 11.7. The minimum absolute atomic E-state index is 0.0426. The van der Waals surface area contributed by atoms with E-state index in [-0.39, 0.29) is 11.4 Å². The lowest BCUT2D eigenvalue weighted by atomic mass is 10.3. The minimum atomic E-state index is -1.12. The number of aryl methyl sites for hydroxylation is 1. The molecule has 2 rings (SSSR count). The molecule has 0 aromatic carbocycles. The van der Waals surface area contributed by atoms with Crippen LogP contribution in [0.4, 0.5) is 10.5 Å². The Bertz CT molecular complexity index is 622. The van der Waals surface area contributed by atoms with Crippen LogP contribution in [0.5, 0.6) is 0 Å². The van der Waals surface area contributed by atoms with Gasteiger partial charge in [0.2, 0.25) is 0 Å². The topological polar surface area (TPSA) is 107 Å². The van der Waals surface area contributed by atoms with E-state index in [1.807, 2.05) is 6.07 Å². The number of nitrogens with one attached hydrogen (secondary N) is 3. The zero-order valence-electron chi connectivity index (χ0n) is 10.8. The number of pyridine rings is 1. The summed E-state index contributed by atoms with van der Waals surface area (Å²) in [4.78, 5) is 29.3. The van der Waals surface area contributed by atoms with E-state index in [2.05, 4.69) is 20.6 Å². The molecule has 2 aromatic heterocycles. The Labute approximate surface area is 115 Å². The van der Waals surface area contributed by atoms with Crippen LogP contribution < -0.4 is 10.6 Å². The lowest BCUT2D eigenvalue weighted by molar-refractivity contribution is 0.0692. The highest BCUT2D eigenvalue weighted by atomic mass is 16.4. The Morgan fingerprint density at radius 1 is 1.45 bits per heavy atom. The maximum Gasteiger partial charge on any atom is 0.354 e. The Kier molecular flexibility index (Phi) is 3.99. The molecule has 2 aromatic rings. The quantitative estimate of drug-likeness (QED) is 0.681. The summed E-state index contributed by atoms with van der Waals surface area (Å²) in [5.74, 6) is -1.12.